The predicted octanol–water partition coefficient (Wildman–Crippen LogP) is 2.39. The number of fused-ring (bicyclic) bond motifs is 1. The van der Waals surface area contributed by atoms with Crippen LogP contribution in [0.15, 0.2) is 41.0 Å². The number of aromatic nitrogens is 3. The number of benzene rings is 1. The minimum atomic E-state index is 0.229. The number of nitrogens with zero attached hydrogens (tertiary/aromatic N) is 4. The number of hydrogen-bond acceptors (Lipinski definition) is 10. The van der Waals surface area contributed by atoms with Crippen molar-refractivity contribution in [2.75, 3.05) is 48.6 Å². The Balaban J connectivity index is 1.40. The molecule has 0 amide bonds. The summed E-state index contributed by atoms with van der Waals surface area (Å²) < 4.78 is 21.6. The molecule has 1 aromatic carbocycles. The van der Waals surface area contributed by atoms with Crippen molar-refractivity contribution in [3.8, 4) is 11.5 Å². The molecule has 0 atom stereocenters. The molecule has 2 N–H and O–H groups in total. The van der Waals surface area contributed by atoms with E-state index in [0.717, 1.165) is 30.3 Å². The van der Waals surface area contributed by atoms with E-state index in [1.54, 1.807) is 6.26 Å². The van der Waals surface area contributed by atoms with Gasteiger partial charge in [0.1, 0.15) is 5.76 Å². The van der Waals surface area contributed by atoms with E-state index in [-0.39, 0.29) is 6.79 Å². The summed E-state index contributed by atoms with van der Waals surface area (Å²) in [6.45, 7) is 3.45. The van der Waals surface area contributed by atoms with Crippen LogP contribution in [0.5, 0.6) is 11.5 Å². The van der Waals surface area contributed by atoms with Crippen LogP contribution in [0.2, 0.25) is 0 Å². The van der Waals surface area contributed by atoms with Crippen LogP contribution in [-0.4, -0.2) is 48.0 Å². The van der Waals surface area contributed by atoms with Crippen molar-refractivity contribution in [1.82, 2.24) is 15.0 Å². The number of nitrogens with one attached hydrogen (secondary N) is 2. The molecule has 2 aliphatic heterocycles. The third kappa shape index (κ3) is 4.02. The van der Waals surface area contributed by atoms with E-state index in [9.17, 15) is 0 Å². The first-order chi connectivity index (χ1) is 14.3. The average Bonchev–Trinajstić information content (AvgIpc) is 3.44. The first-order valence-corrected chi connectivity index (χ1v) is 9.35. The van der Waals surface area contributed by atoms with Gasteiger partial charge in [0, 0.05) is 24.8 Å². The highest BCUT2D eigenvalue weighted by Gasteiger charge is 2.18. The van der Waals surface area contributed by atoms with Crippen molar-refractivity contribution >= 4 is 23.5 Å². The van der Waals surface area contributed by atoms with Gasteiger partial charge in [0.2, 0.25) is 24.6 Å². The van der Waals surface area contributed by atoms with Gasteiger partial charge < -0.3 is 34.2 Å². The largest absolute Gasteiger partial charge is 0.467 e. The first-order valence-electron chi connectivity index (χ1n) is 9.35. The van der Waals surface area contributed by atoms with Crippen molar-refractivity contribution in [2.24, 2.45) is 0 Å². The van der Waals surface area contributed by atoms with Crippen LogP contribution in [0.3, 0.4) is 0 Å². The lowest BCUT2D eigenvalue weighted by molar-refractivity contribution is 0.122. The summed E-state index contributed by atoms with van der Waals surface area (Å²) in [5.41, 5.74) is 0.797. The van der Waals surface area contributed by atoms with Crippen molar-refractivity contribution < 1.29 is 18.6 Å². The van der Waals surface area contributed by atoms with Gasteiger partial charge in [-0.2, -0.15) is 15.0 Å². The summed E-state index contributed by atoms with van der Waals surface area (Å²) in [4.78, 5) is 15.7. The minimum Gasteiger partial charge on any atom is -0.467 e. The van der Waals surface area contributed by atoms with E-state index < -0.39 is 0 Å². The van der Waals surface area contributed by atoms with Crippen LogP contribution in [0.4, 0.5) is 23.5 Å². The topological polar surface area (TPSA) is 107 Å². The third-order valence-electron chi connectivity index (χ3n) is 4.55. The number of anilines is 4. The molecule has 10 heteroatoms. The van der Waals surface area contributed by atoms with Crippen LogP contribution < -0.4 is 25.0 Å². The summed E-state index contributed by atoms with van der Waals surface area (Å²) >= 11 is 0. The maximum atomic E-state index is 5.44. The molecule has 0 spiro atoms. The average molecular weight is 396 g/mol. The first kappa shape index (κ1) is 17.6. The fourth-order valence-corrected chi connectivity index (χ4v) is 3.09. The van der Waals surface area contributed by atoms with E-state index in [2.05, 4.69) is 30.5 Å². The second-order valence-electron chi connectivity index (χ2n) is 6.51. The lowest BCUT2D eigenvalue weighted by Gasteiger charge is -2.27. The highest BCUT2D eigenvalue weighted by molar-refractivity contribution is 5.61. The standard InChI is InChI=1S/C19H20N6O4/c1-2-14(27-7-1)11-20-17-22-18(24-19(23-17)25-5-8-26-9-6-25)21-13-3-4-15-16(10-13)29-12-28-15/h1-4,7,10H,5-6,8-9,11-12H2,(H2,20,21,22,23,24). The Morgan fingerprint density at radius 1 is 0.966 bits per heavy atom. The van der Waals surface area contributed by atoms with Gasteiger partial charge in [0.05, 0.1) is 26.0 Å². The Labute approximate surface area is 166 Å². The highest BCUT2D eigenvalue weighted by atomic mass is 16.7. The lowest BCUT2D eigenvalue weighted by atomic mass is 10.3. The zero-order valence-corrected chi connectivity index (χ0v) is 15.6. The quantitative estimate of drug-likeness (QED) is 0.645. The zero-order chi connectivity index (χ0) is 19.5. The Hall–Kier alpha value is -3.53. The molecule has 3 aromatic rings. The fourth-order valence-electron chi connectivity index (χ4n) is 3.09. The van der Waals surface area contributed by atoms with Gasteiger partial charge >= 0.3 is 0 Å². The van der Waals surface area contributed by atoms with Gasteiger partial charge in [0.15, 0.2) is 11.5 Å². The maximum absolute atomic E-state index is 5.44. The molecule has 4 heterocycles. The second kappa shape index (κ2) is 7.84. The molecule has 1 fully saturated rings. The third-order valence-corrected chi connectivity index (χ3v) is 4.55. The minimum absolute atomic E-state index is 0.229. The molecule has 2 aromatic heterocycles. The van der Waals surface area contributed by atoms with Crippen LogP contribution in [-0.2, 0) is 11.3 Å². The van der Waals surface area contributed by atoms with E-state index in [1.807, 2.05) is 30.3 Å². The number of morpholine rings is 1. The van der Waals surface area contributed by atoms with Gasteiger partial charge in [-0.15, -0.1) is 0 Å². The number of ether oxygens (including phenoxy) is 3. The predicted molar refractivity (Wildman–Crippen MR) is 105 cm³/mol. The summed E-state index contributed by atoms with van der Waals surface area (Å²) in [6.07, 6.45) is 1.64. The number of hydrogen-bond donors (Lipinski definition) is 2. The molecule has 29 heavy (non-hydrogen) atoms. The Morgan fingerprint density at radius 2 is 1.83 bits per heavy atom. The van der Waals surface area contributed by atoms with Crippen LogP contribution in [0.25, 0.3) is 0 Å². The van der Waals surface area contributed by atoms with Gasteiger partial charge in [-0.1, -0.05) is 0 Å². The van der Waals surface area contributed by atoms with Crippen LogP contribution in [0.1, 0.15) is 5.76 Å². The monoisotopic (exact) mass is 396 g/mol. The van der Waals surface area contributed by atoms with Crippen LogP contribution in [0, 0.1) is 0 Å². The van der Waals surface area contributed by atoms with E-state index in [4.69, 9.17) is 18.6 Å². The molecule has 0 aliphatic carbocycles. The van der Waals surface area contributed by atoms with Gasteiger partial charge in [-0.25, -0.2) is 0 Å². The van der Waals surface area contributed by atoms with E-state index in [1.165, 1.54) is 0 Å². The molecule has 0 unspecified atom stereocenters. The van der Waals surface area contributed by atoms with Gasteiger partial charge in [0.25, 0.3) is 0 Å². The Bertz CT molecular complexity index is 975. The number of furan rings is 1. The Morgan fingerprint density at radius 3 is 2.69 bits per heavy atom. The van der Waals surface area contributed by atoms with Gasteiger partial charge in [-0.05, 0) is 24.3 Å². The maximum Gasteiger partial charge on any atom is 0.233 e. The molecule has 2 aliphatic rings. The molecule has 1 saturated heterocycles. The molecule has 5 rings (SSSR count). The van der Waals surface area contributed by atoms with Gasteiger partial charge in [-0.3, -0.25) is 0 Å². The lowest BCUT2D eigenvalue weighted by Crippen LogP contribution is -2.37. The molecule has 0 saturated carbocycles. The molecule has 150 valence electrons. The van der Waals surface area contributed by atoms with E-state index >= 15 is 0 Å². The van der Waals surface area contributed by atoms with Crippen molar-refractivity contribution in [1.29, 1.82) is 0 Å². The highest BCUT2D eigenvalue weighted by Crippen LogP contribution is 2.35. The molecule has 0 bridgehead atoms. The van der Waals surface area contributed by atoms with Crippen molar-refractivity contribution in [2.45, 2.75) is 6.54 Å². The summed E-state index contributed by atoms with van der Waals surface area (Å²) in [7, 11) is 0. The Kier molecular flexibility index (Phi) is 4.75. The van der Waals surface area contributed by atoms with Crippen LogP contribution >= 0.6 is 0 Å². The molecular formula is C19H20N6O4. The fraction of sp³-hybridized carbons (Fsp3) is 0.316. The van der Waals surface area contributed by atoms with Crippen molar-refractivity contribution in [3.63, 3.8) is 0 Å². The normalized spacial score (nSPS) is 15.4. The summed E-state index contributed by atoms with van der Waals surface area (Å²) in [6, 6.07) is 9.34. The molecular weight excluding hydrogens is 376 g/mol. The molecule has 10 nitrogen and oxygen atoms in total. The summed E-state index contributed by atoms with van der Waals surface area (Å²) in [5, 5.41) is 6.42. The summed E-state index contributed by atoms with van der Waals surface area (Å²) in [5.74, 6) is 3.69. The SMILES string of the molecule is c1coc(CNc2nc(Nc3ccc4c(c3)OCO4)nc(N3CCOCC3)n2)c1. The number of rotatable bonds is 6. The van der Waals surface area contributed by atoms with Crippen molar-refractivity contribution in [3.05, 3.63) is 42.4 Å². The smallest absolute Gasteiger partial charge is 0.233 e. The molecule has 0 radical (unpaired) electrons. The van der Waals surface area contributed by atoms with E-state index in [0.29, 0.717) is 43.4 Å². The second-order valence-corrected chi connectivity index (χ2v) is 6.51. The zero-order valence-electron chi connectivity index (χ0n) is 15.6.